The van der Waals surface area contributed by atoms with E-state index in [9.17, 15) is 18.0 Å². The van der Waals surface area contributed by atoms with Gasteiger partial charge in [0.1, 0.15) is 0 Å². The number of carbonyl (C=O) groups excluding carboxylic acids is 1. The van der Waals surface area contributed by atoms with E-state index in [2.05, 4.69) is 4.98 Å². The van der Waals surface area contributed by atoms with E-state index < -0.39 is 17.8 Å². The molecular formula is C22H21F3N2OS. The van der Waals surface area contributed by atoms with Crippen molar-refractivity contribution in [2.45, 2.75) is 25.1 Å². The molecule has 0 aliphatic carbocycles. The molecule has 0 saturated carbocycles. The van der Waals surface area contributed by atoms with Crippen molar-refractivity contribution in [1.29, 1.82) is 0 Å². The summed E-state index contributed by atoms with van der Waals surface area (Å²) in [5, 5.41) is 1.07. The average molecular weight is 418 g/mol. The summed E-state index contributed by atoms with van der Waals surface area (Å²) in [6.45, 7) is 0.489. The molecule has 4 rings (SSSR count). The van der Waals surface area contributed by atoms with Crippen LogP contribution in [0.2, 0.25) is 0 Å². The van der Waals surface area contributed by atoms with E-state index in [4.69, 9.17) is 0 Å². The summed E-state index contributed by atoms with van der Waals surface area (Å²) in [5.74, 6) is 0.649. The van der Waals surface area contributed by atoms with Crippen LogP contribution in [0.1, 0.15) is 34.8 Å². The van der Waals surface area contributed by atoms with Crippen molar-refractivity contribution in [3.05, 3.63) is 70.9 Å². The van der Waals surface area contributed by atoms with Crippen LogP contribution in [0.5, 0.6) is 0 Å². The van der Waals surface area contributed by atoms with Crippen LogP contribution in [0.15, 0.2) is 48.5 Å². The Morgan fingerprint density at radius 2 is 2.00 bits per heavy atom. The molecule has 1 atom stereocenters. The molecule has 0 unspecified atom stereocenters. The zero-order chi connectivity index (χ0) is 20.6. The number of halogens is 3. The maximum atomic E-state index is 13.3. The number of hydrogen-bond donors (Lipinski definition) is 1. The lowest BCUT2D eigenvalue weighted by Crippen LogP contribution is -2.40. The number of nitrogens with zero attached hydrogens (tertiary/aromatic N) is 1. The number of alkyl halides is 3. The van der Waals surface area contributed by atoms with Crippen molar-refractivity contribution in [2.24, 2.45) is 0 Å². The summed E-state index contributed by atoms with van der Waals surface area (Å²) in [5.41, 5.74) is 2.61. The lowest BCUT2D eigenvalue weighted by atomic mass is 9.91. The Morgan fingerprint density at radius 1 is 1.21 bits per heavy atom. The van der Waals surface area contributed by atoms with E-state index in [1.807, 2.05) is 30.5 Å². The quantitative estimate of drug-likeness (QED) is 0.615. The molecule has 1 N–H and O–H groups in total. The van der Waals surface area contributed by atoms with E-state index in [1.165, 1.54) is 12.1 Å². The van der Waals surface area contributed by atoms with Crippen LogP contribution < -0.4 is 0 Å². The Morgan fingerprint density at radius 3 is 2.76 bits per heavy atom. The number of thioether (sulfide) groups is 1. The largest absolute Gasteiger partial charge is 0.416 e. The van der Waals surface area contributed by atoms with Crippen molar-refractivity contribution >= 4 is 28.6 Å². The van der Waals surface area contributed by atoms with Crippen molar-refractivity contribution < 1.29 is 18.0 Å². The third kappa shape index (κ3) is 3.75. The smallest absolute Gasteiger partial charge is 0.356 e. The summed E-state index contributed by atoms with van der Waals surface area (Å²) >= 11 is 1.58. The van der Waals surface area contributed by atoms with E-state index >= 15 is 0 Å². The van der Waals surface area contributed by atoms with Crippen LogP contribution in [-0.2, 0) is 17.4 Å². The number of benzene rings is 2. The molecule has 0 bridgehead atoms. The minimum atomic E-state index is -4.43. The fraction of sp³-hybridized carbons (Fsp3) is 0.318. The number of rotatable bonds is 4. The zero-order valence-corrected chi connectivity index (χ0v) is 16.7. The highest BCUT2D eigenvalue weighted by molar-refractivity contribution is 7.98. The number of nitrogens with one attached hydrogen (secondary N) is 1. The highest BCUT2D eigenvalue weighted by atomic mass is 32.2. The van der Waals surface area contributed by atoms with Crippen LogP contribution >= 0.6 is 11.8 Å². The van der Waals surface area contributed by atoms with Gasteiger partial charge in [0.05, 0.1) is 11.6 Å². The van der Waals surface area contributed by atoms with Gasteiger partial charge in [-0.2, -0.15) is 24.9 Å². The lowest BCUT2D eigenvalue weighted by molar-refractivity contribution is -0.137. The summed E-state index contributed by atoms with van der Waals surface area (Å²) in [7, 11) is 0. The predicted octanol–water partition coefficient (Wildman–Crippen LogP) is 5.41. The molecule has 7 heteroatoms. The molecule has 0 radical (unpaired) electrons. The zero-order valence-electron chi connectivity index (χ0n) is 15.9. The van der Waals surface area contributed by atoms with Gasteiger partial charge in [0.2, 0.25) is 5.91 Å². The standard InChI is InChI=1S/C22H21F3N2OS/c1-29-12-10-19(28)27-11-9-17-16-7-2-3-8-18(16)26-20(17)21(27)14-5-4-6-15(13-14)22(23,24)25/h2-8,13,21,26H,9-12H2,1H3/t21-/m0/s1. The highest BCUT2D eigenvalue weighted by Gasteiger charge is 2.36. The number of para-hydroxylation sites is 1. The Hall–Kier alpha value is -2.41. The van der Waals surface area contributed by atoms with Gasteiger partial charge in [-0.05, 0) is 42.0 Å². The fourth-order valence-electron chi connectivity index (χ4n) is 4.07. The molecular weight excluding hydrogens is 397 g/mol. The molecule has 152 valence electrons. The number of hydrogen-bond acceptors (Lipinski definition) is 2. The molecule has 0 fully saturated rings. The first kappa shape index (κ1) is 19.9. The summed E-state index contributed by atoms with van der Waals surface area (Å²) < 4.78 is 40.0. The van der Waals surface area contributed by atoms with Crippen molar-refractivity contribution in [1.82, 2.24) is 9.88 Å². The predicted molar refractivity (Wildman–Crippen MR) is 110 cm³/mol. The normalized spacial score (nSPS) is 16.8. The Kier molecular flexibility index (Phi) is 5.34. The Labute approximate surface area is 171 Å². The van der Waals surface area contributed by atoms with Gasteiger partial charge in [-0.15, -0.1) is 0 Å². The third-order valence-corrected chi connectivity index (χ3v) is 6.02. The molecule has 3 aromatic rings. The second-order valence-corrected chi connectivity index (χ2v) is 8.15. The van der Waals surface area contributed by atoms with E-state index in [-0.39, 0.29) is 5.91 Å². The summed E-state index contributed by atoms with van der Waals surface area (Å²) in [6.07, 6.45) is -1.45. The van der Waals surface area contributed by atoms with Gasteiger partial charge in [-0.25, -0.2) is 0 Å². The van der Waals surface area contributed by atoms with Gasteiger partial charge in [0, 0.05) is 35.3 Å². The lowest BCUT2D eigenvalue weighted by Gasteiger charge is -2.36. The molecule has 1 amide bonds. The summed E-state index contributed by atoms with van der Waals surface area (Å²) in [4.78, 5) is 18.0. The van der Waals surface area contributed by atoms with Crippen molar-refractivity contribution in [3.63, 3.8) is 0 Å². The fourth-order valence-corrected chi connectivity index (χ4v) is 4.45. The first-order chi connectivity index (χ1) is 13.9. The molecule has 0 saturated heterocycles. The van der Waals surface area contributed by atoms with Gasteiger partial charge in [-0.1, -0.05) is 30.3 Å². The minimum absolute atomic E-state index is 0.0360. The minimum Gasteiger partial charge on any atom is -0.356 e. The molecule has 1 aliphatic rings. The topological polar surface area (TPSA) is 36.1 Å². The number of amides is 1. The average Bonchev–Trinajstić information content (AvgIpc) is 3.09. The molecule has 1 aromatic heterocycles. The molecule has 3 nitrogen and oxygen atoms in total. The third-order valence-electron chi connectivity index (χ3n) is 5.40. The summed E-state index contributed by atoms with van der Waals surface area (Å²) in [6, 6.07) is 12.6. The van der Waals surface area contributed by atoms with Crippen molar-refractivity contribution in [2.75, 3.05) is 18.6 Å². The number of carbonyl (C=O) groups is 1. The molecule has 29 heavy (non-hydrogen) atoms. The van der Waals surface area contributed by atoms with Crippen LogP contribution in [0.3, 0.4) is 0 Å². The number of H-pyrrole nitrogens is 1. The first-order valence-electron chi connectivity index (χ1n) is 9.45. The first-order valence-corrected chi connectivity index (χ1v) is 10.8. The number of fused-ring (bicyclic) bond motifs is 3. The van der Waals surface area contributed by atoms with Crippen LogP contribution in [-0.4, -0.2) is 34.3 Å². The van der Waals surface area contributed by atoms with Gasteiger partial charge in [-0.3, -0.25) is 4.79 Å². The van der Waals surface area contributed by atoms with Gasteiger partial charge < -0.3 is 9.88 Å². The van der Waals surface area contributed by atoms with E-state index in [0.717, 1.165) is 28.2 Å². The van der Waals surface area contributed by atoms with E-state index in [0.29, 0.717) is 30.7 Å². The van der Waals surface area contributed by atoms with Crippen LogP contribution in [0.25, 0.3) is 10.9 Å². The Balaban J connectivity index is 1.85. The maximum absolute atomic E-state index is 13.3. The van der Waals surface area contributed by atoms with Crippen molar-refractivity contribution in [3.8, 4) is 0 Å². The second-order valence-electron chi connectivity index (χ2n) is 7.17. The Bertz CT molecular complexity index is 1040. The maximum Gasteiger partial charge on any atom is 0.416 e. The molecule has 2 aromatic carbocycles. The second kappa shape index (κ2) is 7.78. The highest BCUT2D eigenvalue weighted by Crippen LogP contribution is 2.40. The van der Waals surface area contributed by atoms with Crippen LogP contribution in [0, 0.1) is 0 Å². The van der Waals surface area contributed by atoms with Crippen LogP contribution in [0.4, 0.5) is 13.2 Å². The van der Waals surface area contributed by atoms with E-state index in [1.54, 1.807) is 22.7 Å². The van der Waals surface area contributed by atoms with Gasteiger partial charge in [0.15, 0.2) is 0 Å². The molecule has 1 aliphatic heterocycles. The molecule has 2 heterocycles. The number of aromatic nitrogens is 1. The number of aromatic amines is 1. The van der Waals surface area contributed by atoms with Gasteiger partial charge in [0.25, 0.3) is 0 Å². The van der Waals surface area contributed by atoms with Gasteiger partial charge >= 0.3 is 6.18 Å². The SMILES string of the molecule is CSCCC(=O)N1CCc2c([nH]c3ccccc23)[C@@H]1c1cccc(C(F)(F)F)c1. The monoisotopic (exact) mass is 418 g/mol. The molecule has 0 spiro atoms.